The number of carbonyl (C=O) groups excluding carboxylic acids is 1. The third kappa shape index (κ3) is 7.32. The van der Waals surface area contributed by atoms with Crippen LogP contribution in [0, 0.1) is 17.2 Å². The summed E-state index contributed by atoms with van der Waals surface area (Å²) in [6.45, 7) is 3.89. The molecule has 34 heavy (non-hydrogen) atoms. The van der Waals surface area contributed by atoms with Crippen LogP contribution in [0.2, 0.25) is 0 Å². The molecule has 0 heterocycles. The Bertz CT molecular complexity index is 1020. The minimum atomic E-state index is -0.477. The molecule has 6 N–H and O–H groups in total. The molecule has 2 rings (SSSR count). The van der Waals surface area contributed by atoms with E-state index >= 15 is 0 Å². The zero-order chi connectivity index (χ0) is 25.8. The molecule has 0 unspecified atom stereocenters. The van der Waals surface area contributed by atoms with Gasteiger partial charge in [-0.3, -0.25) is 4.79 Å². The number of rotatable bonds is 9. The number of nitrogens with two attached hydrogens (primary N) is 3. The smallest absolute Gasteiger partial charge is 0.234 e. The van der Waals surface area contributed by atoms with E-state index in [0.717, 1.165) is 12.0 Å². The molecule has 9 nitrogen and oxygen atoms in total. The van der Waals surface area contributed by atoms with Crippen molar-refractivity contribution < 1.29 is 23.7 Å². The van der Waals surface area contributed by atoms with E-state index in [4.69, 9.17) is 36.1 Å². The Hall–Kier alpha value is -3.90. The molecule has 1 amide bonds. The summed E-state index contributed by atoms with van der Waals surface area (Å²) in [5.74, 6) is 1.80. The standard InChI is InChI=1S/C19H20N2O4.C6H14N2O/c1-22-16-6-5-12(8-15(16)21)7-14(11-20)13-9-17(23-2)19(25-4)18(10-13)24-3;1-3-4(2)5(7)6(8)9/h5-10H,21H2,1-4H3;4-5H,3,7H2,1-2H3,(H2,8,9)/t;4-,5-/m.1/s1. The fourth-order valence-electron chi connectivity index (χ4n) is 2.96. The molecule has 9 heteroatoms. The molecule has 184 valence electrons. The number of nitrogen functional groups attached to an aromatic ring is 1. The number of nitriles is 1. The number of allylic oxidation sites excluding steroid dienone is 1. The highest BCUT2D eigenvalue weighted by atomic mass is 16.5. The molecule has 2 aromatic rings. The largest absolute Gasteiger partial charge is 0.495 e. The van der Waals surface area contributed by atoms with Gasteiger partial charge in [-0.05, 0) is 47.4 Å². The highest BCUT2D eigenvalue weighted by Gasteiger charge is 2.16. The van der Waals surface area contributed by atoms with Crippen LogP contribution in [0.1, 0.15) is 31.4 Å². The van der Waals surface area contributed by atoms with Crippen molar-refractivity contribution in [1.82, 2.24) is 0 Å². The average Bonchev–Trinajstić information content (AvgIpc) is 2.85. The van der Waals surface area contributed by atoms with Crippen molar-refractivity contribution in [2.24, 2.45) is 17.4 Å². The van der Waals surface area contributed by atoms with Crippen LogP contribution in [0.25, 0.3) is 11.6 Å². The lowest BCUT2D eigenvalue weighted by atomic mass is 10.00. The molecule has 0 aromatic heterocycles. The number of carbonyl (C=O) groups is 1. The molecule has 0 radical (unpaired) electrons. The van der Waals surface area contributed by atoms with Gasteiger partial charge in [0.15, 0.2) is 11.5 Å². The summed E-state index contributed by atoms with van der Waals surface area (Å²) in [5, 5.41) is 9.58. The van der Waals surface area contributed by atoms with Crippen molar-refractivity contribution in [2.45, 2.75) is 26.3 Å². The van der Waals surface area contributed by atoms with Gasteiger partial charge in [-0.25, -0.2) is 0 Å². The van der Waals surface area contributed by atoms with E-state index in [9.17, 15) is 10.1 Å². The molecule has 2 atom stereocenters. The zero-order valence-electron chi connectivity index (χ0n) is 20.5. The van der Waals surface area contributed by atoms with Crippen molar-refractivity contribution in [3.05, 3.63) is 41.5 Å². The van der Waals surface area contributed by atoms with E-state index in [1.165, 1.54) is 21.3 Å². The van der Waals surface area contributed by atoms with E-state index in [2.05, 4.69) is 6.07 Å². The van der Waals surface area contributed by atoms with Gasteiger partial charge in [0, 0.05) is 0 Å². The number of primary amides is 1. The molecule has 0 fully saturated rings. The lowest BCUT2D eigenvalue weighted by molar-refractivity contribution is -0.120. The van der Waals surface area contributed by atoms with Gasteiger partial charge in [0.05, 0.1) is 51.8 Å². The van der Waals surface area contributed by atoms with Gasteiger partial charge >= 0.3 is 0 Å². The van der Waals surface area contributed by atoms with Crippen molar-refractivity contribution >= 4 is 23.2 Å². The topological polar surface area (TPSA) is 156 Å². The Kier molecular flexibility index (Phi) is 11.3. The Morgan fingerprint density at radius 3 is 1.94 bits per heavy atom. The molecule has 0 aliphatic rings. The van der Waals surface area contributed by atoms with E-state index in [0.29, 0.717) is 39.8 Å². The van der Waals surface area contributed by atoms with E-state index in [1.807, 2.05) is 19.9 Å². The Labute approximate surface area is 201 Å². The van der Waals surface area contributed by atoms with Crippen molar-refractivity contribution in [1.29, 1.82) is 5.26 Å². The molecule has 0 saturated carbocycles. The van der Waals surface area contributed by atoms with Crippen LogP contribution in [0.5, 0.6) is 23.0 Å². The van der Waals surface area contributed by atoms with Gasteiger partial charge in [0.25, 0.3) is 0 Å². The third-order valence-corrected chi connectivity index (χ3v) is 5.25. The number of ether oxygens (including phenoxy) is 4. The van der Waals surface area contributed by atoms with Crippen molar-refractivity contribution in [3.8, 4) is 29.1 Å². The van der Waals surface area contributed by atoms with E-state index in [1.54, 1.807) is 37.5 Å². The maximum Gasteiger partial charge on any atom is 0.234 e. The van der Waals surface area contributed by atoms with Gasteiger partial charge in [-0.15, -0.1) is 0 Å². The normalized spacial score (nSPS) is 12.4. The number of hydrogen-bond acceptors (Lipinski definition) is 8. The van der Waals surface area contributed by atoms with Gasteiger partial charge in [0.1, 0.15) is 5.75 Å². The lowest BCUT2D eigenvalue weighted by Gasteiger charge is -2.14. The first-order chi connectivity index (χ1) is 16.2. The second kappa shape index (κ2) is 13.6. The molecule has 0 spiro atoms. The zero-order valence-corrected chi connectivity index (χ0v) is 20.5. The van der Waals surface area contributed by atoms with Crippen LogP contribution in [-0.2, 0) is 4.79 Å². The van der Waals surface area contributed by atoms with Crippen LogP contribution < -0.4 is 36.1 Å². The predicted octanol–water partition coefficient (Wildman–Crippen LogP) is 3.21. The summed E-state index contributed by atoms with van der Waals surface area (Å²) in [5.41, 5.74) is 18.6. The van der Waals surface area contributed by atoms with E-state index in [-0.39, 0.29) is 5.92 Å². The molecular formula is C25H34N4O5. The fourth-order valence-corrected chi connectivity index (χ4v) is 2.96. The minimum absolute atomic E-state index is 0.197. The Balaban J connectivity index is 0.000000546. The quantitative estimate of drug-likeness (QED) is 0.286. The monoisotopic (exact) mass is 470 g/mol. The molecule has 0 aliphatic carbocycles. The Morgan fingerprint density at radius 2 is 1.59 bits per heavy atom. The maximum atomic E-state index is 10.4. The first kappa shape index (κ1) is 28.1. The maximum absolute atomic E-state index is 10.4. The number of benzene rings is 2. The second-order valence-corrected chi connectivity index (χ2v) is 7.40. The number of anilines is 1. The summed E-state index contributed by atoms with van der Waals surface area (Å²) in [4.78, 5) is 10.4. The number of nitrogens with zero attached hydrogens (tertiary/aromatic N) is 1. The fraction of sp³-hybridized carbons (Fsp3) is 0.360. The van der Waals surface area contributed by atoms with Crippen LogP contribution in [0.4, 0.5) is 5.69 Å². The van der Waals surface area contributed by atoms with Gasteiger partial charge in [-0.1, -0.05) is 26.3 Å². The summed E-state index contributed by atoms with van der Waals surface area (Å²) in [6.07, 6.45) is 2.63. The second-order valence-electron chi connectivity index (χ2n) is 7.40. The minimum Gasteiger partial charge on any atom is -0.495 e. The van der Waals surface area contributed by atoms with E-state index < -0.39 is 11.9 Å². The highest BCUT2D eigenvalue weighted by Crippen LogP contribution is 2.40. The molecular weight excluding hydrogens is 436 g/mol. The van der Waals surface area contributed by atoms with Crippen LogP contribution in [0.15, 0.2) is 30.3 Å². The third-order valence-electron chi connectivity index (χ3n) is 5.25. The molecule has 0 bridgehead atoms. The first-order valence-electron chi connectivity index (χ1n) is 10.6. The molecule has 0 aliphatic heterocycles. The summed E-state index contributed by atoms with van der Waals surface area (Å²) >= 11 is 0. The van der Waals surface area contributed by atoms with Gasteiger partial charge in [-0.2, -0.15) is 5.26 Å². The summed E-state index contributed by atoms with van der Waals surface area (Å²) in [7, 11) is 6.14. The average molecular weight is 471 g/mol. The highest BCUT2D eigenvalue weighted by molar-refractivity contribution is 5.91. The van der Waals surface area contributed by atoms with Crippen molar-refractivity contribution in [3.63, 3.8) is 0 Å². The number of amides is 1. The summed E-state index contributed by atoms with van der Waals surface area (Å²) in [6, 6.07) is 10.5. The van der Waals surface area contributed by atoms with Crippen LogP contribution in [0.3, 0.4) is 0 Å². The summed E-state index contributed by atoms with van der Waals surface area (Å²) < 4.78 is 21.1. The van der Waals surface area contributed by atoms with Crippen LogP contribution in [-0.4, -0.2) is 40.4 Å². The Morgan fingerprint density at radius 1 is 1.03 bits per heavy atom. The van der Waals surface area contributed by atoms with Crippen LogP contribution >= 0.6 is 0 Å². The van der Waals surface area contributed by atoms with Crippen molar-refractivity contribution in [2.75, 3.05) is 34.2 Å². The first-order valence-corrected chi connectivity index (χ1v) is 10.6. The molecule has 0 saturated heterocycles. The predicted molar refractivity (Wildman–Crippen MR) is 134 cm³/mol. The number of methoxy groups -OCH3 is 4. The molecule has 2 aromatic carbocycles. The lowest BCUT2D eigenvalue weighted by Crippen LogP contribution is -2.41. The number of hydrogen-bond donors (Lipinski definition) is 3. The van der Waals surface area contributed by atoms with Gasteiger partial charge < -0.3 is 36.1 Å². The SMILES string of the molecule is CC[C@@H](C)[C@@H](N)C(N)=O.COc1ccc(C=C(C#N)c2cc(OC)c(OC)c(OC)c2)cc1N. The van der Waals surface area contributed by atoms with Gasteiger partial charge in [0.2, 0.25) is 11.7 Å².